The van der Waals surface area contributed by atoms with Crippen LogP contribution in [0, 0.1) is 0 Å². The molecule has 0 unspecified atom stereocenters. The molecule has 0 heterocycles. The second-order valence-electron chi connectivity index (χ2n) is 4.46. The number of hydrogen-bond acceptors (Lipinski definition) is 2. The van der Waals surface area contributed by atoms with Crippen LogP contribution in [0.2, 0.25) is 0 Å². The monoisotopic (exact) mass is 210 g/mol. The number of carbonyl (C=O) groups excluding carboxylic acids is 1. The van der Waals surface area contributed by atoms with Gasteiger partial charge in [0.1, 0.15) is 5.60 Å². The Morgan fingerprint density at radius 3 is 2.60 bits per heavy atom. The highest BCUT2D eigenvalue weighted by atomic mass is 16.6. The quantitative estimate of drug-likeness (QED) is 0.512. The molecule has 0 aromatic rings. The zero-order valence-electron chi connectivity index (χ0n) is 9.76. The second-order valence-corrected chi connectivity index (χ2v) is 4.46. The Hall–Kier alpha value is -0.790. The lowest BCUT2D eigenvalue weighted by molar-refractivity contribution is -0.163. The van der Waals surface area contributed by atoms with E-state index in [-0.39, 0.29) is 11.6 Å². The highest BCUT2D eigenvalue weighted by Crippen LogP contribution is 2.35. The van der Waals surface area contributed by atoms with Crippen LogP contribution in [0.1, 0.15) is 58.3 Å². The van der Waals surface area contributed by atoms with E-state index >= 15 is 0 Å². The van der Waals surface area contributed by atoms with Gasteiger partial charge >= 0.3 is 5.97 Å². The van der Waals surface area contributed by atoms with Gasteiger partial charge in [-0.3, -0.25) is 4.79 Å². The van der Waals surface area contributed by atoms with E-state index in [0.29, 0.717) is 6.42 Å². The average molecular weight is 210 g/mol. The van der Waals surface area contributed by atoms with Crippen molar-refractivity contribution >= 4 is 5.97 Å². The maximum absolute atomic E-state index is 11.5. The molecule has 0 aromatic heterocycles. The van der Waals surface area contributed by atoms with Crippen molar-refractivity contribution < 1.29 is 9.53 Å². The van der Waals surface area contributed by atoms with E-state index in [4.69, 9.17) is 4.74 Å². The minimum absolute atomic E-state index is 0.0405. The van der Waals surface area contributed by atoms with Crippen molar-refractivity contribution in [2.24, 2.45) is 0 Å². The summed E-state index contributed by atoms with van der Waals surface area (Å²) in [5.41, 5.74) is -0.216. The average Bonchev–Trinajstić information content (AvgIpc) is 2.19. The Morgan fingerprint density at radius 1 is 1.40 bits per heavy atom. The Bertz CT molecular complexity index is 215. The lowest BCUT2D eigenvalue weighted by Crippen LogP contribution is -2.36. The predicted molar refractivity (Wildman–Crippen MR) is 61.6 cm³/mol. The van der Waals surface area contributed by atoms with Gasteiger partial charge in [-0.05, 0) is 32.1 Å². The molecule has 1 rings (SSSR count). The van der Waals surface area contributed by atoms with Crippen LogP contribution in [0.4, 0.5) is 0 Å². The summed E-state index contributed by atoms with van der Waals surface area (Å²) in [6, 6.07) is 0. The van der Waals surface area contributed by atoms with Crippen molar-refractivity contribution in [2.75, 3.05) is 0 Å². The van der Waals surface area contributed by atoms with Crippen LogP contribution in [-0.4, -0.2) is 11.6 Å². The Morgan fingerprint density at radius 2 is 2.07 bits per heavy atom. The standard InChI is InChI=1S/C13H22O2/c1-3-8-12(14)15-13(9-4-2)10-6-5-7-11-13/h4H,2-3,5-11H2,1H3. The molecule has 0 aliphatic heterocycles. The van der Waals surface area contributed by atoms with Crippen LogP contribution in [0.5, 0.6) is 0 Å². The third kappa shape index (κ3) is 3.69. The van der Waals surface area contributed by atoms with Gasteiger partial charge in [0.2, 0.25) is 0 Å². The SMILES string of the molecule is C=CCC1(OC(=O)CCC)CCCCC1. The molecule has 1 aliphatic rings. The molecule has 1 saturated carbocycles. The third-order valence-electron chi connectivity index (χ3n) is 3.07. The van der Waals surface area contributed by atoms with Crippen molar-refractivity contribution in [1.29, 1.82) is 0 Å². The van der Waals surface area contributed by atoms with Crippen LogP contribution < -0.4 is 0 Å². The van der Waals surface area contributed by atoms with Crippen LogP contribution in [0.15, 0.2) is 12.7 Å². The van der Waals surface area contributed by atoms with E-state index in [1.807, 2.05) is 13.0 Å². The molecule has 0 amide bonds. The fourth-order valence-electron chi connectivity index (χ4n) is 2.30. The minimum atomic E-state index is -0.216. The van der Waals surface area contributed by atoms with Gasteiger partial charge in [0, 0.05) is 12.8 Å². The number of rotatable bonds is 5. The normalized spacial score (nSPS) is 19.5. The van der Waals surface area contributed by atoms with Crippen LogP contribution in [-0.2, 0) is 9.53 Å². The topological polar surface area (TPSA) is 26.3 Å². The molecule has 0 saturated heterocycles. The molecule has 0 aromatic carbocycles. The smallest absolute Gasteiger partial charge is 0.306 e. The molecule has 2 heteroatoms. The van der Waals surface area contributed by atoms with Gasteiger partial charge in [-0.15, -0.1) is 6.58 Å². The van der Waals surface area contributed by atoms with Gasteiger partial charge in [0.05, 0.1) is 0 Å². The number of carbonyl (C=O) groups is 1. The molecule has 1 aliphatic carbocycles. The van der Waals surface area contributed by atoms with Crippen molar-refractivity contribution in [2.45, 2.75) is 63.9 Å². The van der Waals surface area contributed by atoms with Crippen molar-refractivity contribution in [1.82, 2.24) is 0 Å². The van der Waals surface area contributed by atoms with E-state index < -0.39 is 0 Å². The third-order valence-corrected chi connectivity index (χ3v) is 3.07. The van der Waals surface area contributed by atoms with Gasteiger partial charge in [0.15, 0.2) is 0 Å². The molecule has 0 N–H and O–H groups in total. The summed E-state index contributed by atoms with van der Waals surface area (Å²) >= 11 is 0. The summed E-state index contributed by atoms with van der Waals surface area (Å²) < 4.78 is 5.65. The summed E-state index contributed by atoms with van der Waals surface area (Å²) in [5.74, 6) is -0.0405. The Balaban J connectivity index is 2.55. The highest BCUT2D eigenvalue weighted by Gasteiger charge is 2.34. The molecule has 0 bridgehead atoms. The lowest BCUT2D eigenvalue weighted by atomic mass is 9.82. The first-order valence-corrected chi connectivity index (χ1v) is 6.05. The number of esters is 1. The summed E-state index contributed by atoms with van der Waals surface area (Å²) in [6.45, 7) is 5.76. The summed E-state index contributed by atoms with van der Waals surface area (Å²) in [5, 5.41) is 0. The van der Waals surface area contributed by atoms with Crippen LogP contribution in [0.25, 0.3) is 0 Å². The first kappa shape index (κ1) is 12.3. The molecule has 2 nitrogen and oxygen atoms in total. The highest BCUT2D eigenvalue weighted by molar-refractivity contribution is 5.69. The molecule has 0 radical (unpaired) electrons. The van der Waals surface area contributed by atoms with E-state index in [1.165, 1.54) is 19.3 Å². The maximum atomic E-state index is 11.5. The molecule has 0 spiro atoms. The lowest BCUT2D eigenvalue weighted by Gasteiger charge is -2.36. The first-order valence-electron chi connectivity index (χ1n) is 6.05. The number of hydrogen-bond donors (Lipinski definition) is 0. The Labute approximate surface area is 92.7 Å². The zero-order valence-corrected chi connectivity index (χ0v) is 9.76. The van der Waals surface area contributed by atoms with Crippen LogP contribution in [0.3, 0.4) is 0 Å². The van der Waals surface area contributed by atoms with E-state index in [1.54, 1.807) is 0 Å². The molecular weight excluding hydrogens is 188 g/mol. The summed E-state index contributed by atoms with van der Waals surface area (Å²) in [6.07, 6.45) is 9.72. The minimum Gasteiger partial charge on any atom is -0.459 e. The van der Waals surface area contributed by atoms with E-state index in [2.05, 4.69) is 6.58 Å². The maximum Gasteiger partial charge on any atom is 0.306 e. The summed E-state index contributed by atoms with van der Waals surface area (Å²) in [7, 11) is 0. The Kier molecular flexibility index (Phi) is 4.86. The van der Waals surface area contributed by atoms with Crippen molar-refractivity contribution in [3.63, 3.8) is 0 Å². The molecule has 0 atom stereocenters. The van der Waals surface area contributed by atoms with Gasteiger partial charge in [-0.2, -0.15) is 0 Å². The first-order chi connectivity index (χ1) is 7.22. The molecule has 15 heavy (non-hydrogen) atoms. The van der Waals surface area contributed by atoms with E-state index in [9.17, 15) is 4.79 Å². The molecule has 86 valence electrons. The van der Waals surface area contributed by atoms with Gasteiger partial charge in [0.25, 0.3) is 0 Å². The van der Waals surface area contributed by atoms with Gasteiger partial charge < -0.3 is 4.74 Å². The predicted octanol–water partition coefficient (Wildman–Crippen LogP) is 3.61. The fraction of sp³-hybridized carbons (Fsp3) is 0.769. The number of ether oxygens (including phenoxy) is 1. The van der Waals surface area contributed by atoms with Gasteiger partial charge in [-0.1, -0.05) is 19.4 Å². The van der Waals surface area contributed by atoms with Gasteiger partial charge in [-0.25, -0.2) is 0 Å². The largest absolute Gasteiger partial charge is 0.459 e. The molecule has 1 fully saturated rings. The van der Waals surface area contributed by atoms with Crippen molar-refractivity contribution in [3.05, 3.63) is 12.7 Å². The molecular formula is C13H22O2. The van der Waals surface area contributed by atoms with E-state index in [0.717, 1.165) is 25.7 Å². The summed E-state index contributed by atoms with van der Waals surface area (Å²) in [4.78, 5) is 11.5. The second kappa shape index (κ2) is 5.94. The van der Waals surface area contributed by atoms with Crippen molar-refractivity contribution in [3.8, 4) is 0 Å². The van der Waals surface area contributed by atoms with Crippen LogP contribution >= 0.6 is 0 Å². The fourth-order valence-corrected chi connectivity index (χ4v) is 2.30. The zero-order chi connectivity index (χ0) is 11.1.